The Labute approximate surface area is 194 Å². The summed E-state index contributed by atoms with van der Waals surface area (Å²) in [7, 11) is 0. The van der Waals surface area contributed by atoms with E-state index in [4.69, 9.17) is 9.47 Å². The number of benzene rings is 1. The summed E-state index contributed by atoms with van der Waals surface area (Å²) in [6.45, 7) is 10.7. The zero-order chi connectivity index (χ0) is 23.7. The molecule has 0 spiro atoms. The number of amides is 2. The second-order valence-corrected chi connectivity index (χ2v) is 9.83. The third-order valence-corrected chi connectivity index (χ3v) is 4.62. The molecule has 0 N–H and O–H groups in total. The van der Waals surface area contributed by atoms with Crippen LogP contribution in [-0.4, -0.2) is 42.9 Å². The molecule has 0 saturated heterocycles. The Morgan fingerprint density at radius 1 is 0.969 bits per heavy atom. The fourth-order valence-corrected chi connectivity index (χ4v) is 3.30. The lowest BCUT2D eigenvalue weighted by Crippen LogP contribution is -2.44. The van der Waals surface area contributed by atoms with E-state index in [9.17, 15) is 9.59 Å². The summed E-state index contributed by atoms with van der Waals surface area (Å²) >= 11 is 3.46. The molecule has 0 radical (unpaired) electrons. The van der Waals surface area contributed by atoms with Gasteiger partial charge in [0.05, 0.1) is 6.54 Å². The average Bonchev–Trinajstić information content (AvgIpc) is 2.96. The van der Waals surface area contributed by atoms with Crippen molar-refractivity contribution in [3.05, 3.63) is 47.0 Å². The molecule has 2 amide bonds. The van der Waals surface area contributed by atoms with Gasteiger partial charge in [-0.2, -0.15) is 4.90 Å². The molecule has 3 aromatic rings. The summed E-state index contributed by atoms with van der Waals surface area (Å²) in [5, 5.41) is 0. The van der Waals surface area contributed by atoms with E-state index in [2.05, 4.69) is 30.9 Å². The molecule has 2 heterocycles. The molecule has 9 nitrogen and oxygen atoms in total. The first kappa shape index (κ1) is 23.6. The van der Waals surface area contributed by atoms with Crippen molar-refractivity contribution in [2.24, 2.45) is 0 Å². The van der Waals surface area contributed by atoms with E-state index < -0.39 is 23.4 Å². The molecule has 0 aliphatic heterocycles. The van der Waals surface area contributed by atoms with Crippen LogP contribution < -0.4 is 4.90 Å². The molecule has 0 atom stereocenters. The van der Waals surface area contributed by atoms with Crippen molar-refractivity contribution >= 4 is 45.1 Å². The first-order valence-corrected chi connectivity index (χ1v) is 10.8. The van der Waals surface area contributed by atoms with Crippen molar-refractivity contribution in [1.29, 1.82) is 0 Å². The van der Waals surface area contributed by atoms with E-state index in [-0.39, 0.29) is 11.3 Å². The number of carbonyl (C=O) groups excluding carboxylic acids is 2. The number of imide groups is 1. The van der Waals surface area contributed by atoms with Crippen LogP contribution in [0.3, 0.4) is 0 Å². The molecule has 0 bridgehead atoms. The number of rotatable bonds is 3. The van der Waals surface area contributed by atoms with Gasteiger partial charge in [0.15, 0.2) is 21.7 Å². The number of hydrogen-bond acceptors (Lipinski definition) is 7. The summed E-state index contributed by atoms with van der Waals surface area (Å²) in [6, 6.07) is 9.78. The quantitative estimate of drug-likeness (QED) is 0.446. The maximum atomic E-state index is 13.0. The van der Waals surface area contributed by atoms with Crippen LogP contribution in [0.4, 0.5) is 15.4 Å². The smallest absolute Gasteiger partial charge is 0.425 e. The standard InChI is InChI=1S/C22H26BrN5O4/c1-21(2,3)31-19(29)28(20(30)32-22(4,5)6)17-15-16(24-13-25-17)27(18(23)26-15)12-14-10-8-7-9-11-14/h7-11,13H,12H2,1-6H3. The van der Waals surface area contributed by atoms with Gasteiger partial charge in [0, 0.05) is 0 Å². The van der Waals surface area contributed by atoms with Crippen LogP contribution in [0.1, 0.15) is 47.1 Å². The number of hydrogen-bond donors (Lipinski definition) is 0. The molecule has 0 aliphatic carbocycles. The Kier molecular flexibility index (Phi) is 6.54. The number of imidazole rings is 1. The molecule has 0 saturated carbocycles. The second kappa shape index (κ2) is 8.85. The zero-order valence-corrected chi connectivity index (χ0v) is 20.5. The number of halogens is 1. The molecule has 3 rings (SSSR count). The van der Waals surface area contributed by atoms with Crippen molar-refractivity contribution in [2.45, 2.75) is 59.3 Å². The van der Waals surface area contributed by atoms with Gasteiger partial charge >= 0.3 is 12.2 Å². The maximum Gasteiger partial charge on any atom is 0.425 e. The highest BCUT2D eigenvalue weighted by atomic mass is 79.9. The van der Waals surface area contributed by atoms with Crippen LogP contribution in [0.15, 0.2) is 41.4 Å². The summed E-state index contributed by atoms with van der Waals surface area (Å²) in [5.74, 6) is -0.0222. The highest BCUT2D eigenvalue weighted by Crippen LogP contribution is 2.29. The monoisotopic (exact) mass is 503 g/mol. The van der Waals surface area contributed by atoms with Crippen LogP contribution in [0, 0.1) is 0 Å². The minimum atomic E-state index is -0.916. The third kappa shape index (κ3) is 5.61. The predicted octanol–water partition coefficient (Wildman–Crippen LogP) is 5.31. The average molecular weight is 504 g/mol. The molecule has 0 unspecified atom stereocenters. The Bertz CT molecular complexity index is 1100. The van der Waals surface area contributed by atoms with E-state index in [0.29, 0.717) is 16.9 Å². The van der Waals surface area contributed by atoms with Gasteiger partial charge in [0.25, 0.3) is 0 Å². The minimum Gasteiger partial charge on any atom is -0.443 e. The lowest BCUT2D eigenvalue weighted by Gasteiger charge is -2.28. The van der Waals surface area contributed by atoms with Crippen LogP contribution >= 0.6 is 15.9 Å². The van der Waals surface area contributed by atoms with Gasteiger partial charge in [0.1, 0.15) is 17.5 Å². The summed E-state index contributed by atoms with van der Waals surface area (Å²) < 4.78 is 13.2. The van der Waals surface area contributed by atoms with Crippen molar-refractivity contribution in [3.63, 3.8) is 0 Å². The number of ether oxygens (including phenoxy) is 2. The lowest BCUT2D eigenvalue weighted by molar-refractivity contribution is 0.0429. The van der Waals surface area contributed by atoms with Gasteiger partial charge in [-0.1, -0.05) is 30.3 Å². The van der Waals surface area contributed by atoms with Gasteiger partial charge in [0.2, 0.25) is 0 Å². The third-order valence-electron chi connectivity index (χ3n) is 4.01. The van der Waals surface area contributed by atoms with Crippen molar-refractivity contribution in [1.82, 2.24) is 19.5 Å². The van der Waals surface area contributed by atoms with E-state index in [1.165, 1.54) is 6.33 Å². The minimum absolute atomic E-state index is 0.0222. The normalized spacial score (nSPS) is 12.0. The first-order valence-electron chi connectivity index (χ1n) is 10.0. The number of anilines is 1. The van der Waals surface area contributed by atoms with E-state index >= 15 is 0 Å². The number of aromatic nitrogens is 4. The molecule has 170 valence electrons. The Morgan fingerprint density at radius 2 is 1.53 bits per heavy atom. The Hall–Kier alpha value is -3.01. The molecule has 0 aliphatic rings. The SMILES string of the molecule is CC(C)(C)OC(=O)N(C(=O)OC(C)(C)C)c1ncnc2c1nc(Br)n2Cc1ccccc1. The second-order valence-electron chi connectivity index (χ2n) is 9.12. The van der Waals surface area contributed by atoms with Crippen LogP contribution in [0.2, 0.25) is 0 Å². The highest BCUT2D eigenvalue weighted by molar-refractivity contribution is 9.10. The van der Waals surface area contributed by atoms with E-state index in [1.807, 2.05) is 34.9 Å². The van der Waals surface area contributed by atoms with E-state index in [0.717, 1.165) is 10.5 Å². The Balaban J connectivity index is 2.11. The fourth-order valence-electron chi connectivity index (χ4n) is 2.83. The van der Waals surface area contributed by atoms with Gasteiger partial charge in [-0.25, -0.2) is 24.5 Å². The first-order chi connectivity index (χ1) is 14.9. The lowest BCUT2D eigenvalue weighted by atomic mass is 10.2. The van der Waals surface area contributed by atoms with Gasteiger partial charge in [-0.3, -0.25) is 4.57 Å². The van der Waals surface area contributed by atoms with Gasteiger partial charge in [-0.05, 0) is 63.0 Å². The summed E-state index contributed by atoms with van der Waals surface area (Å²) in [6.07, 6.45) is -0.560. The van der Waals surface area contributed by atoms with Crippen molar-refractivity contribution < 1.29 is 19.1 Å². The van der Waals surface area contributed by atoms with Crippen LogP contribution in [0.25, 0.3) is 11.2 Å². The van der Waals surface area contributed by atoms with Crippen LogP contribution in [0.5, 0.6) is 0 Å². The number of fused-ring (bicyclic) bond motifs is 1. The number of nitrogens with zero attached hydrogens (tertiary/aromatic N) is 5. The fraction of sp³-hybridized carbons (Fsp3) is 0.409. The molecule has 0 fully saturated rings. The molecule has 1 aromatic carbocycles. The van der Waals surface area contributed by atoms with E-state index in [1.54, 1.807) is 41.5 Å². The topological polar surface area (TPSA) is 99.4 Å². The molecular weight excluding hydrogens is 478 g/mol. The van der Waals surface area contributed by atoms with Gasteiger partial charge < -0.3 is 9.47 Å². The number of carbonyl (C=O) groups is 2. The zero-order valence-electron chi connectivity index (χ0n) is 18.9. The predicted molar refractivity (Wildman–Crippen MR) is 124 cm³/mol. The molecule has 10 heteroatoms. The Morgan fingerprint density at radius 3 is 2.06 bits per heavy atom. The maximum absolute atomic E-state index is 13.0. The van der Waals surface area contributed by atoms with Crippen LogP contribution in [-0.2, 0) is 16.0 Å². The highest BCUT2D eigenvalue weighted by Gasteiger charge is 2.36. The summed E-state index contributed by atoms with van der Waals surface area (Å²) in [4.78, 5) is 39.8. The molecule has 32 heavy (non-hydrogen) atoms. The summed E-state index contributed by atoms with van der Waals surface area (Å²) in [5.41, 5.74) is 0.0618. The largest absolute Gasteiger partial charge is 0.443 e. The molecular formula is C22H26BrN5O4. The van der Waals surface area contributed by atoms with Gasteiger partial charge in [-0.15, -0.1) is 0 Å². The van der Waals surface area contributed by atoms with Crippen molar-refractivity contribution in [3.8, 4) is 0 Å². The van der Waals surface area contributed by atoms with Crippen molar-refractivity contribution in [2.75, 3.05) is 4.90 Å². The molecule has 2 aromatic heterocycles.